The molecule has 2 heterocycles. The fourth-order valence-corrected chi connectivity index (χ4v) is 3.90. The Hall–Kier alpha value is -2.90. The van der Waals surface area contributed by atoms with Crippen molar-refractivity contribution in [3.8, 4) is 11.5 Å². The molecule has 0 bridgehead atoms. The maximum atomic E-state index is 11.1. The molecule has 0 saturated heterocycles. The molecular weight excluding hydrogens is 376 g/mol. The van der Waals surface area contributed by atoms with Gasteiger partial charge in [-0.1, -0.05) is 35.9 Å². The van der Waals surface area contributed by atoms with Crippen molar-refractivity contribution in [3.63, 3.8) is 0 Å². The van der Waals surface area contributed by atoms with Gasteiger partial charge in [0.25, 0.3) is 0 Å². The lowest BCUT2D eigenvalue weighted by atomic mass is 10.1. The fraction of sp³-hybridized carbons (Fsp3) is 0.238. The zero-order valence-electron chi connectivity index (χ0n) is 15.4. The number of carbonyl (C=O) groups is 1. The summed E-state index contributed by atoms with van der Waals surface area (Å²) < 4.78 is 10.9. The molecule has 144 valence electrons. The van der Waals surface area contributed by atoms with E-state index in [9.17, 15) is 4.79 Å². The lowest BCUT2D eigenvalue weighted by molar-refractivity contribution is 0.0691. The molecule has 0 saturated carbocycles. The molecule has 1 N–H and O–H groups in total. The van der Waals surface area contributed by atoms with E-state index in [0.717, 1.165) is 28.6 Å². The Morgan fingerprint density at radius 1 is 1.07 bits per heavy atom. The number of thiazole rings is 1. The molecule has 0 atom stereocenters. The first-order chi connectivity index (χ1) is 13.6. The zero-order chi connectivity index (χ0) is 19.5. The zero-order valence-corrected chi connectivity index (χ0v) is 16.2. The van der Waals surface area contributed by atoms with Crippen LogP contribution in [0.3, 0.4) is 0 Å². The average Bonchev–Trinajstić information content (AvgIpc) is 3.32. The highest BCUT2D eigenvalue weighted by atomic mass is 32.1. The van der Waals surface area contributed by atoms with Crippen molar-refractivity contribution < 1.29 is 19.4 Å². The van der Waals surface area contributed by atoms with E-state index in [4.69, 9.17) is 14.6 Å². The Kier molecular flexibility index (Phi) is 5.27. The summed E-state index contributed by atoms with van der Waals surface area (Å²) in [6.45, 7) is 4.31. The standard InChI is InChI=1S/C21H20N2O4S/c1-14-2-4-15(5-3-14)9-23(11-20-22-17(12-28-20)21(24)25)10-16-6-7-18-19(8-16)27-13-26-18/h2-8,12H,9-11,13H2,1H3,(H,24,25). The highest BCUT2D eigenvalue weighted by molar-refractivity contribution is 7.09. The Bertz CT molecular complexity index is 984. The van der Waals surface area contributed by atoms with Crippen LogP contribution in [0.4, 0.5) is 0 Å². The second kappa shape index (κ2) is 8.00. The number of rotatable bonds is 7. The van der Waals surface area contributed by atoms with Crippen molar-refractivity contribution >= 4 is 17.3 Å². The molecule has 1 aliphatic rings. The highest BCUT2D eigenvalue weighted by Crippen LogP contribution is 2.33. The minimum absolute atomic E-state index is 0.0957. The number of carboxylic acids is 1. The van der Waals surface area contributed by atoms with Crippen molar-refractivity contribution in [2.75, 3.05) is 6.79 Å². The SMILES string of the molecule is Cc1ccc(CN(Cc2ccc3c(c2)OCO3)Cc2nc(C(=O)O)cs2)cc1. The maximum absolute atomic E-state index is 11.1. The second-order valence-electron chi connectivity index (χ2n) is 6.75. The molecule has 6 nitrogen and oxygen atoms in total. The topological polar surface area (TPSA) is 71.9 Å². The largest absolute Gasteiger partial charge is 0.476 e. The Balaban J connectivity index is 1.54. The number of nitrogens with zero attached hydrogens (tertiary/aromatic N) is 2. The summed E-state index contributed by atoms with van der Waals surface area (Å²) in [6, 6.07) is 14.4. The molecule has 0 spiro atoms. The highest BCUT2D eigenvalue weighted by Gasteiger charge is 2.17. The molecule has 1 aliphatic heterocycles. The van der Waals surface area contributed by atoms with Crippen molar-refractivity contribution in [2.24, 2.45) is 0 Å². The van der Waals surface area contributed by atoms with E-state index < -0.39 is 5.97 Å². The Morgan fingerprint density at radius 2 is 1.79 bits per heavy atom. The average molecular weight is 396 g/mol. The van der Waals surface area contributed by atoms with Crippen LogP contribution in [0.1, 0.15) is 32.2 Å². The van der Waals surface area contributed by atoms with Crippen LogP contribution in [0.15, 0.2) is 47.8 Å². The van der Waals surface area contributed by atoms with Crippen LogP contribution in [0, 0.1) is 6.92 Å². The Labute approximate surface area is 167 Å². The van der Waals surface area contributed by atoms with E-state index in [-0.39, 0.29) is 12.5 Å². The number of aromatic carboxylic acids is 1. The summed E-state index contributed by atoms with van der Waals surface area (Å²) in [5.74, 6) is 0.526. The molecule has 1 aromatic heterocycles. The smallest absolute Gasteiger partial charge is 0.355 e. The summed E-state index contributed by atoms with van der Waals surface area (Å²) in [7, 11) is 0. The number of ether oxygens (including phenoxy) is 2. The Morgan fingerprint density at radius 3 is 2.54 bits per heavy atom. The van der Waals surface area contributed by atoms with Crippen molar-refractivity contribution in [1.82, 2.24) is 9.88 Å². The molecule has 28 heavy (non-hydrogen) atoms. The van der Waals surface area contributed by atoms with Gasteiger partial charge in [0, 0.05) is 18.5 Å². The normalized spacial score (nSPS) is 12.5. The summed E-state index contributed by atoms with van der Waals surface area (Å²) >= 11 is 1.37. The first-order valence-corrected chi connectivity index (χ1v) is 9.79. The van der Waals surface area contributed by atoms with E-state index >= 15 is 0 Å². The molecule has 2 aromatic carbocycles. The quantitative estimate of drug-likeness (QED) is 0.649. The first-order valence-electron chi connectivity index (χ1n) is 8.91. The number of aromatic nitrogens is 1. The van der Waals surface area contributed by atoms with Gasteiger partial charge >= 0.3 is 5.97 Å². The molecule has 4 rings (SSSR count). The van der Waals surface area contributed by atoms with E-state index in [1.54, 1.807) is 5.38 Å². The van der Waals surface area contributed by atoms with Gasteiger partial charge in [0.2, 0.25) is 6.79 Å². The molecule has 0 radical (unpaired) electrons. The van der Waals surface area contributed by atoms with Crippen LogP contribution >= 0.6 is 11.3 Å². The van der Waals surface area contributed by atoms with Gasteiger partial charge in [0.1, 0.15) is 5.01 Å². The van der Waals surface area contributed by atoms with Gasteiger partial charge in [-0.05, 0) is 30.2 Å². The third kappa shape index (κ3) is 4.32. The molecule has 0 amide bonds. The monoisotopic (exact) mass is 396 g/mol. The molecule has 3 aromatic rings. The third-order valence-electron chi connectivity index (χ3n) is 4.50. The number of hydrogen-bond donors (Lipinski definition) is 1. The van der Waals surface area contributed by atoms with E-state index in [2.05, 4.69) is 41.1 Å². The van der Waals surface area contributed by atoms with Crippen LogP contribution in [-0.2, 0) is 19.6 Å². The summed E-state index contributed by atoms with van der Waals surface area (Å²) in [5.41, 5.74) is 3.61. The molecule has 0 fully saturated rings. The molecule has 0 aliphatic carbocycles. The number of hydrogen-bond acceptors (Lipinski definition) is 6. The van der Waals surface area contributed by atoms with Crippen LogP contribution in [0.2, 0.25) is 0 Å². The van der Waals surface area contributed by atoms with Gasteiger partial charge in [0.05, 0.1) is 6.54 Å². The van der Waals surface area contributed by atoms with Crippen LogP contribution in [0.5, 0.6) is 11.5 Å². The van der Waals surface area contributed by atoms with Gasteiger partial charge in [-0.25, -0.2) is 9.78 Å². The predicted molar refractivity (Wildman–Crippen MR) is 106 cm³/mol. The van der Waals surface area contributed by atoms with E-state index in [1.165, 1.54) is 22.5 Å². The lowest BCUT2D eigenvalue weighted by Crippen LogP contribution is -2.22. The van der Waals surface area contributed by atoms with Gasteiger partial charge in [-0.15, -0.1) is 11.3 Å². The fourth-order valence-electron chi connectivity index (χ4n) is 3.09. The third-order valence-corrected chi connectivity index (χ3v) is 5.33. The summed E-state index contributed by atoms with van der Waals surface area (Å²) in [4.78, 5) is 17.6. The second-order valence-corrected chi connectivity index (χ2v) is 7.69. The van der Waals surface area contributed by atoms with Crippen molar-refractivity contribution in [2.45, 2.75) is 26.6 Å². The molecule has 7 heteroatoms. The minimum Gasteiger partial charge on any atom is -0.476 e. The number of carboxylic acid groups (broad SMARTS) is 1. The molecular formula is C21H20N2O4S. The maximum Gasteiger partial charge on any atom is 0.355 e. The summed E-state index contributed by atoms with van der Waals surface area (Å²) in [6.07, 6.45) is 0. The van der Waals surface area contributed by atoms with Crippen molar-refractivity contribution in [3.05, 3.63) is 75.2 Å². The number of benzene rings is 2. The van der Waals surface area contributed by atoms with Gasteiger partial charge in [0.15, 0.2) is 17.2 Å². The van der Waals surface area contributed by atoms with Crippen molar-refractivity contribution in [1.29, 1.82) is 0 Å². The van der Waals surface area contributed by atoms with Gasteiger partial charge in [-0.3, -0.25) is 4.90 Å². The van der Waals surface area contributed by atoms with Crippen LogP contribution in [-0.4, -0.2) is 27.8 Å². The van der Waals surface area contributed by atoms with Crippen LogP contribution in [0.25, 0.3) is 0 Å². The summed E-state index contributed by atoms with van der Waals surface area (Å²) in [5, 5.41) is 11.5. The number of fused-ring (bicyclic) bond motifs is 1. The van der Waals surface area contributed by atoms with E-state index in [1.807, 2.05) is 18.2 Å². The minimum atomic E-state index is -0.997. The lowest BCUT2D eigenvalue weighted by Gasteiger charge is -2.22. The van der Waals surface area contributed by atoms with Gasteiger partial charge in [-0.2, -0.15) is 0 Å². The van der Waals surface area contributed by atoms with E-state index in [0.29, 0.717) is 13.1 Å². The number of aryl methyl sites for hydroxylation is 1. The van der Waals surface area contributed by atoms with Gasteiger partial charge < -0.3 is 14.6 Å². The first kappa shape index (κ1) is 18.5. The molecule has 0 unspecified atom stereocenters. The van der Waals surface area contributed by atoms with Crippen LogP contribution < -0.4 is 9.47 Å². The predicted octanol–water partition coefficient (Wildman–Crippen LogP) is 4.08.